The molecule has 1 aromatic carbocycles. The predicted octanol–water partition coefficient (Wildman–Crippen LogP) is 3.32. The van der Waals surface area contributed by atoms with Gasteiger partial charge in [-0.25, -0.2) is 4.79 Å². The van der Waals surface area contributed by atoms with Gasteiger partial charge in [0, 0.05) is 42.5 Å². The highest BCUT2D eigenvalue weighted by atomic mass is 32.1. The first-order valence-electron chi connectivity index (χ1n) is 11.9. The number of anilines is 2. The van der Waals surface area contributed by atoms with Gasteiger partial charge in [-0.15, -0.1) is 11.3 Å². The van der Waals surface area contributed by atoms with E-state index in [-0.39, 0.29) is 24.3 Å². The van der Waals surface area contributed by atoms with Crippen molar-refractivity contribution in [1.82, 2.24) is 10.2 Å². The smallest absolute Gasteiger partial charge is 0.409 e. The number of amides is 3. The first-order valence-corrected chi connectivity index (χ1v) is 12.8. The Balaban J connectivity index is 1.55. The Morgan fingerprint density at radius 3 is 2.47 bits per heavy atom. The monoisotopic (exact) mass is 514 g/mol. The summed E-state index contributed by atoms with van der Waals surface area (Å²) in [6.45, 7) is 2.04. The highest BCUT2D eigenvalue weighted by Gasteiger charge is 2.28. The summed E-state index contributed by atoms with van der Waals surface area (Å²) < 4.78 is 4.81. The van der Waals surface area contributed by atoms with E-state index in [2.05, 4.69) is 15.5 Å². The molecule has 0 bridgehead atoms. The van der Waals surface area contributed by atoms with E-state index in [0.717, 1.165) is 29.8 Å². The third kappa shape index (κ3) is 5.96. The minimum atomic E-state index is -1.01. The molecule has 11 heteroatoms. The molecule has 3 N–H and O–H groups in total. The summed E-state index contributed by atoms with van der Waals surface area (Å²) in [6, 6.07) is 8.04. The number of carbonyl (C=O) groups excluding carboxylic acids is 3. The van der Waals surface area contributed by atoms with Crippen molar-refractivity contribution in [2.24, 2.45) is 5.92 Å². The van der Waals surface area contributed by atoms with E-state index >= 15 is 0 Å². The first-order chi connectivity index (χ1) is 17.4. The molecule has 2 heterocycles. The number of benzene rings is 1. The maximum Gasteiger partial charge on any atom is 0.409 e. The number of carboxylic acid groups (broad SMARTS) is 1. The fourth-order valence-electron chi connectivity index (χ4n) is 4.35. The molecule has 1 saturated heterocycles. The van der Waals surface area contributed by atoms with Crippen molar-refractivity contribution in [2.75, 3.05) is 43.5 Å². The number of hydrogen-bond acceptors (Lipinski definition) is 7. The number of rotatable bonds is 8. The molecule has 4 rings (SSSR count). The van der Waals surface area contributed by atoms with Crippen molar-refractivity contribution in [3.63, 3.8) is 0 Å². The van der Waals surface area contributed by atoms with Crippen LogP contribution in [0, 0.1) is 5.92 Å². The van der Waals surface area contributed by atoms with Crippen LogP contribution in [0.3, 0.4) is 0 Å². The maximum atomic E-state index is 13.1. The Morgan fingerprint density at radius 2 is 1.89 bits per heavy atom. The number of ether oxygens (including phenoxy) is 1. The summed E-state index contributed by atoms with van der Waals surface area (Å²) in [5.41, 5.74) is 1.61. The van der Waals surface area contributed by atoms with Gasteiger partial charge in [0.25, 0.3) is 5.91 Å². The molecule has 1 aliphatic heterocycles. The van der Waals surface area contributed by atoms with Crippen molar-refractivity contribution in [1.29, 1.82) is 0 Å². The van der Waals surface area contributed by atoms with Crippen LogP contribution in [0.15, 0.2) is 35.7 Å². The number of hydrogen-bond donors (Lipinski definition) is 3. The number of piperazine rings is 1. The maximum absolute atomic E-state index is 13.1. The third-order valence-electron chi connectivity index (χ3n) is 6.62. The fraction of sp³-hybridized carbons (Fsp3) is 0.440. The topological polar surface area (TPSA) is 128 Å². The van der Waals surface area contributed by atoms with Gasteiger partial charge in [0.2, 0.25) is 5.91 Å². The molecule has 10 nitrogen and oxygen atoms in total. The lowest BCUT2D eigenvalue weighted by atomic mass is 9.85. The Labute approximate surface area is 213 Å². The molecular weight excluding hydrogens is 484 g/mol. The molecule has 1 unspecified atom stereocenters. The van der Waals surface area contributed by atoms with E-state index < -0.39 is 17.9 Å². The van der Waals surface area contributed by atoms with Crippen LogP contribution in [0.2, 0.25) is 0 Å². The number of nitrogens with one attached hydrogen (secondary N) is 2. The highest BCUT2D eigenvalue weighted by Crippen LogP contribution is 2.32. The van der Waals surface area contributed by atoms with Gasteiger partial charge >= 0.3 is 12.1 Å². The average molecular weight is 515 g/mol. The van der Waals surface area contributed by atoms with E-state index in [9.17, 15) is 24.3 Å². The fourth-order valence-corrected chi connectivity index (χ4v) is 5.12. The van der Waals surface area contributed by atoms with Crippen LogP contribution in [0.5, 0.6) is 0 Å². The summed E-state index contributed by atoms with van der Waals surface area (Å²) in [5, 5.41) is 17.0. The molecule has 0 radical (unpaired) electrons. The second-order valence-corrected chi connectivity index (χ2v) is 9.91. The standard InChI is InChI=1S/C25H30N4O6S/c1-35-25(34)29-11-9-28(10-12-29)20-8-7-17(14-18(20)26-23(32)16-4-2-5-16)24(33)27-19(15-22(30)31)21-6-3-13-36-21/h3,6-8,13-14,16,19H,2,4-5,9-12,15H2,1H3,(H,26,32)(H,27,33)(H,30,31). The number of methoxy groups -OCH3 is 1. The van der Waals surface area contributed by atoms with Gasteiger partial charge in [-0.3, -0.25) is 14.4 Å². The molecular formula is C25H30N4O6S. The van der Waals surface area contributed by atoms with E-state index in [1.165, 1.54) is 18.4 Å². The summed E-state index contributed by atoms with van der Waals surface area (Å²) >= 11 is 1.38. The lowest BCUT2D eigenvalue weighted by Gasteiger charge is -2.36. The Morgan fingerprint density at radius 1 is 1.14 bits per heavy atom. The van der Waals surface area contributed by atoms with Crippen molar-refractivity contribution in [3.8, 4) is 0 Å². The lowest BCUT2D eigenvalue weighted by molar-refractivity contribution is -0.137. The molecule has 2 aromatic rings. The molecule has 2 fully saturated rings. The molecule has 192 valence electrons. The second kappa shape index (κ2) is 11.4. The third-order valence-corrected chi connectivity index (χ3v) is 7.60. The largest absolute Gasteiger partial charge is 0.481 e. The van der Waals surface area contributed by atoms with Gasteiger partial charge < -0.3 is 30.3 Å². The Kier molecular flexibility index (Phi) is 8.09. The Bertz CT molecular complexity index is 1110. The average Bonchev–Trinajstić information content (AvgIpc) is 3.37. The molecule has 1 aliphatic carbocycles. The summed E-state index contributed by atoms with van der Waals surface area (Å²) in [4.78, 5) is 53.6. The van der Waals surface area contributed by atoms with Crippen LogP contribution in [0.25, 0.3) is 0 Å². The van der Waals surface area contributed by atoms with Crippen LogP contribution in [0.4, 0.5) is 16.2 Å². The number of carboxylic acids is 1. The highest BCUT2D eigenvalue weighted by molar-refractivity contribution is 7.10. The number of carbonyl (C=O) groups is 4. The van der Waals surface area contributed by atoms with Crippen molar-refractivity contribution < 1.29 is 29.0 Å². The zero-order valence-corrected chi connectivity index (χ0v) is 20.9. The van der Waals surface area contributed by atoms with E-state index in [1.807, 2.05) is 11.4 Å². The molecule has 1 aromatic heterocycles. The van der Waals surface area contributed by atoms with Crippen LogP contribution < -0.4 is 15.5 Å². The van der Waals surface area contributed by atoms with Gasteiger partial charge in [0.05, 0.1) is 30.9 Å². The van der Waals surface area contributed by atoms with Crippen molar-refractivity contribution in [3.05, 3.63) is 46.2 Å². The normalized spacial score (nSPS) is 16.6. The van der Waals surface area contributed by atoms with Crippen LogP contribution in [-0.4, -0.2) is 67.2 Å². The minimum Gasteiger partial charge on any atom is -0.481 e. The van der Waals surface area contributed by atoms with E-state index in [0.29, 0.717) is 37.4 Å². The number of nitrogens with zero attached hydrogens (tertiary/aromatic N) is 2. The first kappa shape index (κ1) is 25.5. The zero-order chi connectivity index (χ0) is 25.7. The number of aliphatic carboxylic acids is 1. The van der Waals surface area contributed by atoms with Gasteiger partial charge in [-0.1, -0.05) is 12.5 Å². The summed E-state index contributed by atoms with van der Waals surface area (Å²) in [7, 11) is 1.35. The van der Waals surface area contributed by atoms with Gasteiger partial charge in [0.15, 0.2) is 0 Å². The minimum absolute atomic E-state index is 0.0368. The summed E-state index contributed by atoms with van der Waals surface area (Å²) in [5.74, 6) is -1.54. The lowest BCUT2D eigenvalue weighted by Crippen LogP contribution is -2.49. The van der Waals surface area contributed by atoms with E-state index in [4.69, 9.17) is 4.74 Å². The second-order valence-electron chi connectivity index (χ2n) is 8.93. The quantitative estimate of drug-likeness (QED) is 0.493. The molecule has 1 saturated carbocycles. The van der Waals surface area contributed by atoms with E-state index in [1.54, 1.807) is 29.2 Å². The van der Waals surface area contributed by atoms with Crippen molar-refractivity contribution >= 4 is 46.6 Å². The Hall–Kier alpha value is -3.60. The zero-order valence-electron chi connectivity index (χ0n) is 20.1. The van der Waals surface area contributed by atoms with Gasteiger partial charge in [-0.2, -0.15) is 0 Å². The van der Waals surface area contributed by atoms with Crippen LogP contribution >= 0.6 is 11.3 Å². The van der Waals surface area contributed by atoms with Crippen molar-refractivity contribution in [2.45, 2.75) is 31.7 Å². The van der Waals surface area contributed by atoms with Crippen LogP contribution in [0.1, 0.15) is 47.0 Å². The molecule has 3 amide bonds. The van der Waals surface area contributed by atoms with Gasteiger partial charge in [-0.05, 0) is 42.5 Å². The SMILES string of the molecule is COC(=O)N1CCN(c2ccc(C(=O)NC(CC(=O)O)c3cccs3)cc2NC(=O)C2CCC2)CC1. The molecule has 1 atom stereocenters. The number of thiophene rings is 1. The predicted molar refractivity (Wildman–Crippen MR) is 135 cm³/mol. The molecule has 36 heavy (non-hydrogen) atoms. The molecule has 2 aliphatic rings. The van der Waals surface area contributed by atoms with Gasteiger partial charge in [0.1, 0.15) is 0 Å². The summed E-state index contributed by atoms with van der Waals surface area (Å²) in [6.07, 6.45) is 2.10. The molecule has 0 spiro atoms. The van der Waals surface area contributed by atoms with Crippen LogP contribution in [-0.2, 0) is 14.3 Å².